The number of halogens is 1. The first kappa shape index (κ1) is 28.2. The Morgan fingerprint density at radius 3 is 2.50 bits per heavy atom. The van der Waals surface area contributed by atoms with E-state index in [-0.39, 0.29) is 47.3 Å². The summed E-state index contributed by atoms with van der Waals surface area (Å²) >= 11 is 0. The highest BCUT2D eigenvalue weighted by Gasteiger charge is 2.65. The van der Waals surface area contributed by atoms with Gasteiger partial charge in [-0.2, -0.15) is 0 Å². The van der Waals surface area contributed by atoms with Crippen molar-refractivity contribution >= 4 is 18.4 Å². The van der Waals surface area contributed by atoms with E-state index in [0.717, 1.165) is 38.6 Å². The van der Waals surface area contributed by atoms with Crippen molar-refractivity contribution in [1.29, 1.82) is 0 Å². The van der Waals surface area contributed by atoms with E-state index in [2.05, 4.69) is 33.0 Å². The molecule has 0 aromatic rings. The molecule has 4 rings (SSSR count). The van der Waals surface area contributed by atoms with Crippen LogP contribution in [0.2, 0.25) is 0 Å². The van der Waals surface area contributed by atoms with Gasteiger partial charge in [-0.3, -0.25) is 4.79 Å². The summed E-state index contributed by atoms with van der Waals surface area (Å²) in [4.78, 5) is 12.8. The van der Waals surface area contributed by atoms with Crippen molar-refractivity contribution in [2.24, 2.45) is 46.3 Å². The standard InChI is InChI=1S/C28H49NO4.ClH/c1-7-33-24-16-27(4)18(14-23(24)30)8-9-19-20-10-11-21(26(31)32-6)28(20,5)15-22(25(19)27)29-13-12-17(2)3;/h17-25,29-30H,7-16H2,1-6H3;1H/t18?,19-,20-,21?,22?,23?,24?,25-,27-,28-;/m0./s1. The lowest BCUT2D eigenvalue weighted by Crippen LogP contribution is -2.64. The van der Waals surface area contributed by atoms with Crippen LogP contribution in [0.15, 0.2) is 0 Å². The first-order chi connectivity index (χ1) is 15.7. The van der Waals surface area contributed by atoms with Crippen LogP contribution in [0.3, 0.4) is 0 Å². The number of esters is 1. The molecule has 0 amide bonds. The molecule has 34 heavy (non-hydrogen) atoms. The van der Waals surface area contributed by atoms with Gasteiger partial charge in [0, 0.05) is 12.6 Å². The number of methoxy groups -OCH3 is 1. The van der Waals surface area contributed by atoms with E-state index in [1.807, 2.05) is 6.92 Å². The number of ether oxygens (including phenoxy) is 2. The summed E-state index contributed by atoms with van der Waals surface area (Å²) in [6.07, 6.45) is 8.22. The van der Waals surface area contributed by atoms with E-state index in [4.69, 9.17) is 9.47 Å². The Labute approximate surface area is 213 Å². The zero-order valence-corrected chi connectivity index (χ0v) is 23.2. The minimum atomic E-state index is -0.337. The summed E-state index contributed by atoms with van der Waals surface area (Å²) in [6.45, 7) is 13.2. The van der Waals surface area contributed by atoms with Gasteiger partial charge in [0.2, 0.25) is 0 Å². The lowest BCUT2D eigenvalue weighted by Gasteiger charge is -2.64. The molecule has 0 aromatic heterocycles. The number of aliphatic hydroxyl groups excluding tert-OH is 1. The van der Waals surface area contributed by atoms with Gasteiger partial charge in [0.15, 0.2) is 0 Å². The van der Waals surface area contributed by atoms with Crippen LogP contribution in [0, 0.1) is 46.3 Å². The molecule has 0 bridgehead atoms. The van der Waals surface area contributed by atoms with Gasteiger partial charge in [0.1, 0.15) is 0 Å². The second-order valence-corrected chi connectivity index (χ2v) is 12.7. The summed E-state index contributed by atoms with van der Waals surface area (Å²) in [7, 11) is 1.55. The van der Waals surface area contributed by atoms with Crippen molar-refractivity contribution < 1.29 is 19.4 Å². The van der Waals surface area contributed by atoms with Gasteiger partial charge in [-0.15, -0.1) is 12.4 Å². The van der Waals surface area contributed by atoms with Crippen LogP contribution < -0.4 is 5.32 Å². The normalized spacial score (nSPS) is 45.6. The molecule has 6 heteroatoms. The van der Waals surface area contributed by atoms with Crippen molar-refractivity contribution in [3.8, 4) is 0 Å². The fourth-order valence-corrected chi connectivity index (χ4v) is 9.11. The molecule has 2 N–H and O–H groups in total. The Morgan fingerprint density at radius 2 is 1.85 bits per heavy atom. The predicted octanol–water partition coefficient (Wildman–Crippen LogP) is 5.23. The molecule has 4 aliphatic carbocycles. The molecule has 0 heterocycles. The van der Waals surface area contributed by atoms with Gasteiger partial charge >= 0.3 is 5.97 Å². The molecule has 0 saturated heterocycles. The number of carbonyl (C=O) groups is 1. The van der Waals surface area contributed by atoms with Crippen LogP contribution in [-0.4, -0.2) is 49.6 Å². The second-order valence-electron chi connectivity index (χ2n) is 12.7. The average Bonchev–Trinajstić information content (AvgIpc) is 3.10. The van der Waals surface area contributed by atoms with E-state index >= 15 is 0 Å². The number of nitrogens with one attached hydrogen (secondary N) is 1. The molecule has 5 nitrogen and oxygen atoms in total. The quantitative estimate of drug-likeness (QED) is 0.469. The minimum Gasteiger partial charge on any atom is -0.469 e. The van der Waals surface area contributed by atoms with E-state index in [1.165, 1.54) is 19.3 Å². The van der Waals surface area contributed by atoms with Crippen LogP contribution in [0.5, 0.6) is 0 Å². The Balaban J connectivity index is 0.00000324. The number of rotatable bonds is 7. The molecule has 0 spiro atoms. The lowest BCUT2D eigenvalue weighted by atomic mass is 9.43. The fraction of sp³-hybridized carbons (Fsp3) is 0.964. The molecule has 4 fully saturated rings. The fourth-order valence-electron chi connectivity index (χ4n) is 9.11. The van der Waals surface area contributed by atoms with Crippen molar-refractivity contribution in [3.63, 3.8) is 0 Å². The topological polar surface area (TPSA) is 67.8 Å². The summed E-state index contributed by atoms with van der Waals surface area (Å²) in [5.74, 6) is 3.06. The number of aliphatic hydroxyl groups is 1. The smallest absolute Gasteiger partial charge is 0.309 e. The van der Waals surface area contributed by atoms with Crippen LogP contribution in [-0.2, 0) is 14.3 Å². The number of hydrogen-bond acceptors (Lipinski definition) is 5. The monoisotopic (exact) mass is 499 g/mol. The third kappa shape index (κ3) is 4.80. The largest absolute Gasteiger partial charge is 0.469 e. The lowest BCUT2D eigenvalue weighted by molar-refractivity contribution is -0.182. The zero-order chi connectivity index (χ0) is 24.0. The molecule has 4 saturated carbocycles. The van der Waals surface area contributed by atoms with Gasteiger partial charge in [0.05, 0.1) is 25.2 Å². The summed E-state index contributed by atoms with van der Waals surface area (Å²) < 4.78 is 11.4. The zero-order valence-electron chi connectivity index (χ0n) is 22.3. The number of hydrogen-bond donors (Lipinski definition) is 2. The molecule has 0 radical (unpaired) electrons. The van der Waals surface area contributed by atoms with E-state index in [0.29, 0.717) is 42.2 Å². The molecule has 0 aromatic carbocycles. The highest BCUT2D eigenvalue weighted by molar-refractivity contribution is 5.85. The maximum Gasteiger partial charge on any atom is 0.309 e. The van der Waals surface area contributed by atoms with E-state index in [1.54, 1.807) is 7.11 Å². The minimum absolute atomic E-state index is 0. The van der Waals surface area contributed by atoms with Crippen LogP contribution in [0.25, 0.3) is 0 Å². The summed E-state index contributed by atoms with van der Waals surface area (Å²) in [6, 6.07) is 0.408. The first-order valence-corrected chi connectivity index (χ1v) is 13.8. The Morgan fingerprint density at radius 1 is 1.12 bits per heavy atom. The van der Waals surface area contributed by atoms with Crippen molar-refractivity contribution in [2.75, 3.05) is 20.3 Å². The Bertz CT molecular complexity index is 704. The van der Waals surface area contributed by atoms with Crippen molar-refractivity contribution in [3.05, 3.63) is 0 Å². The van der Waals surface area contributed by atoms with Gasteiger partial charge < -0.3 is 19.9 Å². The highest BCUT2D eigenvalue weighted by atomic mass is 35.5. The molecular weight excluding hydrogens is 450 g/mol. The summed E-state index contributed by atoms with van der Waals surface area (Å²) in [5.41, 5.74) is 0.183. The summed E-state index contributed by atoms with van der Waals surface area (Å²) in [5, 5.41) is 14.9. The Kier molecular flexibility index (Phi) is 9.08. The third-order valence-corrected chi connectivity index (χ3v) is 10.6. The van der Waals surface area contributed by atoms with Gasteiger partial charge in [-0.1, -0.05) is 27.7 Å². The van der Waals surface area contributed by atoms with Crippen LogP contribution >= 0.6 is 12.4 Å². The second kappa shape index (κ2) is 10.9. The average molecular weight is 500 g/mol. The molecule has 4 aliphatic rings. The van der Waals surface area contributed by atoms with Crippen molar-refractivity contribution in [1.82, 2.24) is 5.32 Å². The van der Waals surface area contributed by atoms with Gasteiger partial charge in [-0.05, 0) is 105 Å². The molecule has 5 unspecified atom stereocenters. The molecule has 198 valence electrons. The maximum atomic E-state index is 12.8. The number of carbonyl (C=O) groups excluding carboxylic acids is 1. The SMILES string of the molecule is CCOC1C[C@@]2(C)C(CC[C@@H]3[C@H]2C(NCCC(C)C)C[C@]2(C)C(C(=O)OC)CC[C@@H]32)CC1O.Cl. The van der Waals surface area contributed by atoms with Crippen LogP contribution in [0.4, 0.5) is 0 Å². The maximum absolute atomic E-state index is 12.8. The predicted molar refractivity (Wildman–Crippen MR) is 138 cm³/mol. The van der Waals surface area contributed by atoms with Gasteiger partial charge in [-0.25, -0.2) is 0 Å². The molecular formula is C28H50ClNO4. The van der Waals surface area contributed by atoms with Crippen LogP contribution in [0.1, 0.15) is 86.0 Å². The third-order valence-electron chi connectivity index (χ3n) is 10.6. The first-order valence-electron chi connectivity index (χ1n) is 13.8. The van der Waals surface area contributed by atoms with Crippen molar-refractivity contribution in [2.45, 2.75) is 104 Å². The molecule has 0 aliphatic heterocycles. The molecule has 10 atom stereocenters. The van der Waals surface area contributed by atoms with Gasteiger partial charge in [0.25, 0.3) is 0 Å². The van der Waals surface area contributed by atoms with E-state index < -0.39 is 0 Å². The Hall–Kier alpha value is -0.360. The van der Waals surface area contributed by atoms with E-state index in [9.17, 15) is 9.90 Å². The number of fused-ring (bicyclic) bond motifs is 5. The highest BCUT2D eigenvalue weighted by Crippen LogP contribution is 2.67.